The predicted molar refractivity (Wildman–Crippen MR) is 111 cm³/mol. The molecule has 144 valence electrons. The molecule has 0 amide bonds. The molecule has 0 aromatic heterocycles. The minimum absolute atomic E-state index is 0.726. The standard InChI is InChI=1S/C25H38O/c1-3-4-5-6-20-7-11-22(12-8-20)24-15-17-25(18-16-24)23-13-9-21(10-14-23)19-26-2/h4-5,9-10,13-14,20,22,24-25H,3,6-8,11-12,15-19H2,1-2H3. The lowest BCUT2D eigenvalue weighted by Crippen LogP contribution is -2.25. The first-order valence-corrected chi connectivity index (χ1v) is 11.0. The highest BCUT2D eigenvalue weighted by Gasteiger charge is 2.30. The van der Waals surface area contributed by atoms with Crippen molar-refractivity contribution in [2.45, 2.75) is 83.7 Å². The van der Waals surface area contributed by atoms with Gasteiger partial charge in [0.25, 0.3) is 0 Å². The molecular weight excluding hydrogens is 316 g/mol. The van der Waals surface area contributed by atoms with Gasteiger partial charge in [0.15, 0.2) is 0 Å². The van der Waals surface area contributed by atoms with E-state index in [2.05, 4.69) is 43.3 Å². The van der Waals surface area contributed by atoms with E-state index in [1.807, 2.05) is 0 Å². The fraction of sp³-hybridized carbons (Fsp3) is 0.680. The third kappa shape index (κ3) is 5.46. The molecule has 0 atom stereocenters. The van der Waals surface area contributed by atoms with Crippen LogP contribution in [0.3, 0.4) is 0 Å². The minimum atomic E-state index is 0.726. The van der Waals surface area contributed by atoms with Gasteiger partial charge in [-0.1, -0.05) is 43.3 Å². The van der Waals surface area contributed by atoms with Crippen LogP contribution >= 0.6 is 0 Å². The van der Waals surface area contributed by atoms with Gasteiger partial charge in [0.05, 0.1) is 6.61 Å². The van der Waals surface area contributed by atoms with E-state index in [-0.39, 0.29) is 0 Å². The molecule has 2 fully saturated rings. The van der Waals surface area contributed by atoms with E-state index >= 15 is 0 Å². The summed E-state index contributed by atoms with van der Waals surface area (Å²) in [6.45, 7) is 2.96. The van der Waals surface area contributed by atoms with E-state index in [4.69, 9.17) is 4.74 Å². The number of rotatable bonds is 7. The topological polar surface area (TPSA) is 9.23 Å². The summed E-state index contributed by atoms with van der Waals surface area (Å²) in [6, 6.07) is 9.18. The average molecular weight is 355 g/mol. The van der Waals surface area contributed by atoms with Crippen LogP contribution in [-0.4, -0.2) is 7.11 Å². The summed E-state index contributed by atoms with van der Waals surface area (Å²) in [6.07, 6.45) is 18.9. The lowest BCUT2D eigenvalue weighted by molar-refractivity contribution is 0.160. The van der Waals surface area contributed by atoms with E-state index in [0.29, 0.717) is 0 Å². The second-order valence-corrected chi connectivity index (χ2v) is 8.68. The van der Waals surface area contributed by atoms with Gasteiger partial charge >= 0.3 is 0 Å². The summed E-state index contributed by atoms with van der Waals surface area (Å²) in [5.41, 5.74) is 2.84. The van der Waals surface area contributed by atoms with E-state index < -0.39 is 0 Å². The van der Waals surface area contributed by atoms with Gasteiger partial charge in [-0.25, -0.2) is 0 Å². The first-order chi connectivity index (χ1) is 12.8. The largest absolute Gasteiger partial charge is 0.380 e. The fourth-order valence-electron chi connectivity index (χ4n) is 5.33. The second-order valence-electron chi connectivity index (χ2n) is 8.68. The Balaban J connectivity index is 1.42. The van der Waals surface area contributed by atoms with Crippen LogP contribution in [0, 0.1) is 17.8 Å². The molecular formula is C25H38O. The van der Waals surface area contributed by atoms with Gasteiger partial charge in [0, 0.05) is 7.11 Å². The van der Waals surface area contributed by atoms with Crippen LogP contribution in [0.4, 0.5) is 0 Å². The highest BCUT2D eigenvalue weighted by Crippen LogP contribution is 2.44. The smallest absolute Gasteiger partial charge is 0.0713 e. The Morgan fingerprint density at radius 1 is 0.846 bits per heavy atom. The molecule has 1 aromatic carbocycles. The Morgan fingerprint density at radius 2 is 1.46 bits per heavy atom. The number of methoxy groups -OCH3 is 1. The summed E-state index contributed by atoms with van der Waals surface area (Å²) >= 11 is 0. The normalized spacial score (nSPS) is 29.9. The van der Waals surface area contributed by atoms with Gasteiger partial charge in [-0.2, -0.15) is 0 Å². The van der Waals surface area contributed by atoms with Gasteiger partial charge in [-0.05, 0) is 99.0 Å². The minimum Gasteiger partial charge on any atom is -0.380 e. The lowest BCUT2D eigenvalue weighted by atomic mass is 9.68. The second kappa shape index (κ2) is 10.3. The highest BCUT2D eigenvalue weighted by atomic mass is 16.5. The summed E-state index contributed by atoms with van der Waals surface area (Å²) < 4.78 is 5.23. The molecule has 26 heavy (non-hydrogen) atoms. The van der Waals surface area contributed by atoms with Crippen LogP contribution in [-0.2, 0) is 11.3 Å². The van der Waals surface area contributed by atoms with E-state index in [9.17, 15) is 0 Å². The van der Waals surface area contributed by atoms with E-state index in [1.54, 1.807) is 12.7 Å². The van der Waals surface area contributed by atoms with E-state index in [1.165, 1.54) is 69.8 Å². The van der Waals surface area contributed by atoms with Crippen LogP contribution in [0.25, 0.3) is 0 Å². The maximum absolute atomic E-state index is 5.23. The number of ether oxygens (including phenoxy) is 1. The SMILES string of the molecule is CCC=CCC1CCC(C2CCC(c3ccc(COC)cc3)CC2)CC1. The van der Waals surface area contributed by atoms with Crippen molar-refractivity contribution in [3.05, 3.63) is 47.5 Å². The highest BCUT2D eigenvalue weighted by molar-refractivity contribution is 5.25. The maximum atomic E-state index is 5.23. The molecule has 0 saturated heterocycles. The molecule has 2 aliphatic rings. The van der Waals surface area contributed by atoms with Gasteiger partial charge < -0.3 is 4.74 Å². The molecule has 2 aliphatic carbocycles. The molecule has 1 aromatic rings. The van der Waals surface area contributed by atoms with Crippen molar-refractivity contribution >= 4 is 0 Å². The zero-order valence-electron chi connectivity index (χ0n) is 17.0. The predicted octanol–water partition coefficient (Wildman–Crippen LogP) is 7.27. The van der Waals surface area contributed by atoms with E-state index in [0.717, 1.165) is 30.3 Å². The van der Waals surface area contributed by atoms with Crippen molar-refractivity contribution in [3.8, 4) is 0 Å². The van der Waals surface area contributed by atoms with Crippen molar-refractivity contribution in [1.82, 2.24) is 0 Å². The molecule has 0 bridgehead atoms. The zero-order valence-corrected chi connectivity index (χ0v) is 17.0. The number of allylic oxidation sites excluding steroid dienone is 2. The quantitative estimate of drug-likeness (QED) is 0.468. The Hall–Kier alpha value is -1.08. The van der Waals surface area contributed by atoms with Crippen LogP contribution in [0.15, 0.2) is 36.4 Å². The first-order valence-electron chi connectivity index (χ1n) is 11.0. The van der Waals surface area contributed by atoms with Gasteiger partial charge in [-0.3, -0.25) is 0 Å². The van der Waals surface area contributed by atoms with Crippen molar-refractivity contribution in [3.63, 3.8) is 0 Å². The summed E-state index contributed by atoms with van der Waals surface area (Å²) in [5, 5.41) is 0. The Bertz CT molecular complexity index is 528. The summed E-state index contributed by atoms with van der Waals surface area (Å²) in [7, 11) is 1.77. The fourth-order valence-corrected chi connectivity index (χ4v) is 5.33. The third-order valence-corrected chi connectivity index (χ3v) is 6.96. The Morgan fingerprint density at radius 3 is 2.04 bits per heavy atom. The van der Waals surface area contributed by atoms with Gasteiger partial charge in [0.2, 0.25) is 0 Å². The van der Waals surface area contributed by atoms with Crippen LogP contribution < -0.4 is 0 Å². The number of hydrogen-bond donors (Lipinski definition) is 0. The lowest BCUT2D eigenvalue weighted by Gasteiger charge is -2.38. The maximum Gasteiger partial charge on any atom is 0.0713 e. The molecule has 0 spiro atoms. The third-order valence-electron chi connectivity index (χ3n) is 6.96. The molecule has 2 saturated carbocycles. The Kier molecular flexibility index (Phi) is 7.80. The number of benzene rings is 1. The van der Waals surface area contributed by atoms with Crippen molar-refractivity contribution in [1.29, 1.82) is 0 Å². The summed E-state index contributed by atoms with van der Waals surface area (Å²) in [5.74, 6) is 3.78. The number of hydrogen-bond acceptors (Lipinski definition) is 1. The molecule has 1 heteroatoms. The van der Waals surface area contributed by atoms with Crippen LogP contribution in [0.1, 0.15) is 88.2 Å². The van der Waals surface area contributed by atoms with Gasteiger partial charge in [-0.15, -0.1) is 0 Å². The summed E-state index contributed by atoms with van der Waals surface area (Å²) in [4.78, 5) is 0. The zero-order chi connectivity index (χ0) is 18.2. The van der Waals surface area contributed by atoms with Crippen molar-refractivity contribution in [2.24, 2.45) is 17.8 Å². The van der Waals surface area contributed by atoms with Crippen LogP contribution in [0.5, 0.6) is 0 Å². The molecule has 0 aliphatic heterocycles. The monoisotopic (exact) mass is 354 g/mol. The first kappa shape index (κ1) is 19.7. The van der Waals surface area contributed by atoms with Gasteiger partial charge in [0.1, 0.15) is 0 Å². The van der Waals surface area contributed by atoms with Crippen LogP contribution in [0.2, 0.25) is 0 Å². The van der Waals surface area contributed by atoms with Crippen molar-refractivity contribution < 1.29 is 4.74 Å². The molecule has 1 nitrogen and oxygen atoms in total. The molecule has 0 unspecified atom stereocenters. The Labute approximate surface area is 161 Å². The molecule has 3 rings (SSSR count). The van der Waals surface area contributed by atoms with Crippen molar-refractivity contribution in [2.75, 3.05) is 7.11 Å². The molecule has 0 heterocycles. The molecule has 0 N–H and O–H groups in total. The average Bonchev–Trinajstić information content (AvgIpc) is 2.70. The molecule has 0 radical (unpaired) electrons.